The van der Waals surface area contributed by atoms with Gasteiger partial charge < -0.3 is 13.8 Å². The van der Waals surface area contributed by atoms with Crippen molar-refractivity contribution in [2.75, 3.05) is 0 Å². The molecule has 4 heteroatoms. The van der Waals surface area contributed by atoms with Crippen LogP contribution in [-0.2, 0) is 4.57 Å². The maximum atomic E-state index is 8.51. The van der Waals surface area contributed by atoms with Gasteiger partial charge in [-0.3, -0.25) is 0 Å². The minimum atomic E-state index is -1.17. The van der Waals surface area contributed by atoms with Crippen molar-refractivity contribution >= 4 is 31.7 Å². The summed E-state index contributed by atoms with van der Waals surface area (Å²) >= 11 is 0. The Hall–Kier alpha value is 0.826. The topological polar surface area (TPSA) is 37.3 Å². The fourth-order valence-corrected chi connectivity index (χ4v) is 0. The SMILES string of the molecule is O=[PH+]O.[CH2-]C.[CH2-]C.[Mg+2]. The third-order valence-corrected chi connectivity index (χ3v) is 0. The van der Waals surface area contributed by atoms with Crippen LogP contribution in [0.3, 0.4) is 0 Å². The van der Waals surface area contributed by atoms with Crippen LogP contribution >= 0.6 is 8.69 Å². The van der Waals surface area contributed by atoms with Gasteiger partial charge in [-0.25, -0.2) is 0 Å². The molecule has 0 aliphatic heterocycles. The van der Waals surface area contributed by atoms with Gasteiger partial charge in [-0.05, 0) is 4.57 Å². The number of rotatable bonds is 0. The number of hydrogen-bond acceptors (Lipinski definition) is 1. The summed E-state index contributed by atoms with van der Waals surface area (Å²) in [5, 5.41) is 0. The van der Waals surface area contributed by atoms with E-state index in [1.54, 1.807) is 13.8 Å². The van der Waals surface area contributed by atoms with E-state index in [1.807, 2.05) is 0 Å². The first kappa shape index (κ1) is 23.2. The molecule has 0 spiro atoms. The van der Waals surface area contributed by atoms with Crippen molar-refractivity contribution in [1.82, 2.24) is 0 Å². The van der Waals surface area contributed by atoms with Crippen LogP contribution in [0.4, 0.5) is 0 Å². The summed E-state index contributed by atoms with van der Waals surface area (Å²) in [5.74, 6) is 0. The standard InChI is InChI=1S/2C2H5.Mg.HO2P/c2*1-2;;1-3-2/h2*1H2,2H3;;3H/q2*-1;+2;/p+1. The Bertz CT molecular complexity index is 21.5. The molecule has 0 aromatic rings. The second kappa shape index (κ2) is 109. The van der Waals surface area contributed by atoms with Gasteiger partial charge >= 0.3 is 31.7 Å². The molecule has 0 aliphatic carbocycles. The zero-order valence-electron chi connectivity index (χ0n) is 5.48. The molecule has 46 valence electrons. The van der Waals surface area contributed by atoms with E-state index in [2.05, 4.69) is 13.8 Å². The van der Waals surface area contributed by atoms with Crippen molar-refractivity contribution in [2.45, 2.75) is 13.8 Å². The minimum Gasteiger partial charge on any atom is -0.346 e. The summed E-state index contributed by atoms with van der Waals surface area (Å²) in [6.07, 6.45) is 0. The van der Waals surface area contributed by atoms with E-state index in [0.717, 1.165) is 0 Å². The fraction of sp³-hybridized carbons (Fsp3) is 0.500. The van der Waals surface area contributed by atoms with Crippen LogP contribution in [-0.4, -0.2) is 27.9 Å². The van der Waals surface area contributed by atoms with Crippen molar-refractivity contribution < 1.29 is 9.46 Å². The fourth-order valence-electron chi connectivity index (χ4n) is 0. The third-order valence-electron chi connectivity index (χ3n) is 0. The molecule has 1 N–H and O–H groups in total. The van der Waals surface area contributed by atoms with Gasteiger partial charge in [-0.15, -0.1) is 0 Å². The van der Waals surface area contributed by atoms with E-state index in [-0.39, 0.29) is 23.1 Å². The maximum Gasteiger partial charge on any atom is 2.00 e. The Balaban J connectivity index is -0.0000000147. The van der Waals surface area contributed by atoms with E-state index in [0.29, 0.717) is 0 Å². The van der Waals surface area contributed by atoms with Crippen molar-refractivity contribution in [3.05, 3.63) is 13.8 Å². The van der Waals surface area contributed by atoms with Crippen LogP contribution < -0.4 is 0 Å². The zero-order chi connectivity index (χ0) is 6.71. The Kier molecular flexibility index (Phi) is 317. The molecule has 0 aromatic carbocycles. The quantitative estimate of drug-likeness (QED) is 0.318. The first-order valence-electron chi connectivity index (χ1n) is 1.84. The van der Waals surface area contributed by atoms with Crippen molar-refractivity contribution in [2.24, 2.45) is 0 Å². The normalized spacial score (nSPS) is 4.12. The van der Waals surface area contributed by atoms with Crippen LogP contribution in [0.5, 0.6) is 0 Å². The smallest absolute Gasteiger partial charge is 0.346 e. The molecule has 8 heavy (non-hydrogen) atoms. The first-order valence-corrected chi connectivity index (χ1v) is 2.70. The second-order valence-corrected chi connectivity index (χ2v) is 0.274. The maximum absolute atomic E-state index is 8.51. The molecule has 2 nitrogen and oxygen atoms in total. The van der Waals surface area contributed by atoms with Crippen molar-refractivity contribution in [3.63, 3.8) is 0 Å². The molecule has 1 unspecified atom stereocenters. The summed E-state index contributed by atoms with van der Waals surface area (Å²) in [6.45, 7) is 10.0. The number of hydrogen-bond donors (Lipinski definition) is 1. The molecule has 0 saturated heterocycles. The molecule has 0 aliphatic rings. The Morgan fingerprint density at radius 2 is 1.25 bits per heavy atom. The van der Waals surface area contributed by atoms with Crippen molar-refractivity contribution in [3.8, 4) is 0 Å². The van der Waals surface area contributed by atoms with Crippen LogP contribution in [0, 0.1) is 13.8 Å². The van der Waals surface area contributed by atoms with Crippen LogP contribution in [0.15, 0.2) is 0 Å². The van der Waals surface area contributed by atoms with Gasteiger partial charge in [0.2, 0.25) is 0 Å². The summed E-state index contributed by atoms with van der Waals surface area (Å²) in [6, 6.07) is 0. The summed E-state index contributed by atoms with van der Waals surface area (Å²) in [4.78, 5) is 7.04. The predicted octanol–water partition coefficient (Wildman–Crippen LogP) is 1.22. The molecular weight excluding hydrogens is 135 g/mol. The molecule has 0 aromatic heterocycles. The van der Waals surface area contributed by atoms with E-state index < -0.39 is 8.69 Å². The van der Waals surface area contributed by atoms with Crippen molar-refractivity contribution in [1.29, 1.82) is 0 Å². The van der Waals surface area contributed by atoms with Gasteiger partial charge in [0, 0.05) is 0 Å². The van der Waals surface area contributed by atoms with E-state index in [4.69, 9.17) is 9.46 Å². The zero-order valence-corrected chi connectivity index (χ0v) is 7.89. The van der Waals surface area contributed by atoms with Gasteiger partial charge in [0.25, 0.3) is 0 Å². The average molecular weight is 147 g/mol. The van der Waals surface area contributed by atoms with Gasteiger partial charge in [0.1, 0.15) is 0 Å². The molecule has 0 amide bonds. The first-order chi connectivity index (χ1) is 3.41. The third kappa shape index (κ3) is 339. The molecule has 0 radical (unpaired) electrons. The Morgan fingerprint density at radius 1 is 1.25 bits per heavy atom. The van der Waals surface area contributed by atoms with Crippen LogP contribution in [0.1, 0.15) is 13.8 Å². The average Bonchev–Trinajstić information content (AvgIpc) is 1.78. The molecular formula is C4H12MgO2P+. The van der Waals surface area contributed by atoms with Gasteiger partial charge in [0.15, 0.2) is 0 Å². The van der Waals surface area contributed by atoms with Crippen LogP contribution in [0.25, 0.3) is 0 Å². The van der Waals surface area contributed by atoms with Crippen LogP contribution in [0.2, 0.25) is 0 Å². The molecule has 0 saturated carbocycles. The summed E-state index contributed by atoms with van der Waals surface area (Å²) in [5.41, 5.74) is 0. The second-order valence-electron chi connectivity index (χ2n) is 0.0913. The summed E-state index contributed by atoms with van der Waals surface area (Å²) in [7, 11) is -1.17. The minimum absolute atomic E-state index is 0. The largest absolute Gasteiger partial charge is 2.00 e. The Morgan fingerprint density at radius 3 is 1.25 bits per heavy atom. The van der Waals surface area contributed by atoms with E-state index in [1.165, 1.54) is 0 Å². The van der Waals surface area contributed by atoms with E-state index >= 15 is 0 Å². The molecule has 0 bridgehead atoms. The van der Waals surface area contributed by atoms with Gasteiger partial charge in [0.05, 0.1) is 0 Å². The Labute approximate surface area is 69.1 Å². The summed E-state index contributed by atoms with van der Waals surface area (Å²) < 4.78 is 8.51. The van der Waals surface area contributed by atoms with E-state index in [9.17, 15) is 0 Å². The predicted molar refractivity (Wildman–Crippen MR) is 39.0 cm³/mol. The molecule has 1 atom stereocenters. The van der Waals surface area contributed by atoms with Gasteiger partial charge in [-0.1, -0.05) is 0 Å². The molecule has 0 heterocycles. The monoisotopic (exact) mass is 147 g/mol. The molecule has 0 rings (SSSR count). The van der Waals surface area contributed by atoms with Gasteiger partial charge in [-0.2, -0.15) is 18.7 Å². The molecule has 0 fully saturated rings.